The van der Waals surface area contributed by atoms with Crippen LogP contribution in [0.15, 0.2) is 67.1 Å². The molecule has 5 heteroatoms. The summed E-state index contributed by atoms with van der Waals surface area (Å²) in [6.07, 6.45) is 8.43. The van der Waals surface area contributed by atoms with Crippen LogP contribution in [0.25, 0.3) is 28.0 Å². The second kappa shape index (κ2) is 7.76. The molecule has 0 spiro atoms. The zero-order valence-electron chi connectivity index (χ0n) is 16.7. The van der Waals surface area contributed by atoms with E-state index in [1.807, 2.05) is 13.2 Å². The van der Waals surface area contributed by atoms with Crippen molar-refractivity contribution in [2.75, 3.05) is 25.1 Å². The van der Waals surface area contributed by atoms with Gasteiger partial charge in [0.2, 0.25) is 0 Å². The van der Waals surface area contributed by atoms with E-state index in [4.69, 9.17) is 4.74 Å². The van der Waals surface area contributed by atoms with E-state index in [9.17, 15) is 0 Å². The van der Waals surface area contributed by atoms with Crippen LogP contribution in [-0.2, 0) is 11.8 Å². The third-order valence-corrected chi connectivity index (χ3v) is 5.79. The van der Waals surface area contributed by atoms with Crippen molar-refractivity contribution >= 4 is 11.5 Å². The molecule has 29 heavy (non-hydrogen) atoms. The molecule has 0 radical (unpaired) electrons. The number of nitrogens with zero attached hydrogens (tertiary/aromatic N) is 3. The number of hydrogen-bond acceptors (Lipinski definition) is 3. The van der Waals surface area contributed by atoms with Crippen LogP contribution < -0.4 is 5.32 Å². The summed E-state index contributed by atoms with van der Waals surface area (Å²) in [6, 6.07) is 17.1. The highest BCUT2D eigenvalue weighted by atomic mass is 16.5. The minimum Gasteiger partial charge on any atom is -0.381 e. The third-order valence-electron chi connectivity index (χ3n) is 5.79. The van der Waals surface area contributed by atoms with Gasteiger partial charge in [0.15, 0.2) is 0 Å². The van der Waals surface area contributed by atoms with Crippen LogP contribution in [0, 0.1) is 5.92 Å². The first-order chi connectivity index (χ1) is 14.3. The van der Waals surface area contributed by atoms with Gasteiger partial charge in [-0.1, -0.05) is 30.3 Å². The molecule has 1 N–H and O–H groups in total. The Morgan fingerprint density at radius 2 is 1.79 bits per heavy atom. The Morgan fingerprint density at radius 1 is 1.00 bits per heavy atom. The molecule has 5 nitrogen and oxygen atoms in total. The average molecular weight is 386 g/mol. The SMILES string of the molecule is Cn1ccc(-c2ccc(-c3cnc4cccc(NCC5CCOCC5)n34)cc2)c1. The van der Waals surface area contributed by atoms with Crippen molar-refractivity contribution in [3.05, 3.63) is 67.1 Å². The topological polar surface area (TPSA) is 43.5 Å². The molecular weight excluding hydrogens is 360 g/mol. The van der Waals surface area contributed by atoms with Crippen molar-refractivity contribution in [3.8, 4) is 22.4 Å². The first-order valence-electron chi connectivity index (χ1n) is 10.3. The molecule has 5 rings (SSSR count). The van der Waals surface area contributed by atoms with Crippen LogP contribution >= 0.6 is 0 Å². The summed E-state index contributed by atoms with van der Waals surface area (Å²) in [6.45, 7) is 2.72. The maximum atomic E-state index is 5.49. The Labute approximate surface area is 171 Å². The minimum atomic E-state index is 0.663. The lowest BCUT2D eigenvalue weighted by Gasteiger charge is -2.23. The zero-order valence-corrected chi connectivity index (χ0v) is 16.7. The van der Waals surface area contributed by atoms with Crippen LogP contribution in [0.2, 0.25) is 0 Å². The van der Waals surface area contributed by atoms with Gasteiger partial charge >= 0.3 is 0 Å². The number of ether oxygens (including phenoxy) is 1. The van der Waals surface area contributed by atoms with E-state index in [0.29, 0.717) is 5.92 Å². The maximum absolute atomic E-state index is 5.49. The molecule has 0 bridgehead atoms. The summed E-state index contributed by atoms with van der Waals surface area (Å²) in [5, 5.41) is 3.66. The van der Waals surface area contributed by atoms with E-state index >= 15 is 0 Å². The van der Waals surface area contributed by atoms with Crippen molar-refractivity contribution in [1.29, 1.82) is 0 Å². The molecule has 1 saturated heterocycles. The van der Waals surface area contributed by atoms with Gasteiger partial charge in [-0.25, -0.2) is 4.98 Å². The van der Waals surface area contributed by atoms with E-state index in [1.54, 1.807) is 0 Å². The van der Waals surface area contributed by atoms with Crippen LogP contribution in [-0.4, -0.2) is 33.7 Å². The van der Waals surface area contributed by atoms with E-state index in [0.717, 1.165) is 55.3 Å². The monoisotopic (exact) mass is 386 g/mol. The van der Waals surface area contributed by atoms with Crippen LogP contribution in [0.4, 0.5) is 5.82 Å². The Morgan fingerprint density at radius 3 is 2.55 bits per heavy atom. The van der Waals surface area contributed by atoms with Crippen LogP contribution in [0.1, 0.15) is 12.8 Å². The highest BCUT2D eigenvalue weighted by Gasteiger charge is 2.15. The quantitative estimate of drug-likeness (QED) is 0.533. The highest BCUT2D eigenvalue weighted by Crippen LogP contribution is 2.28. The second-order valence-electron chi connectivity index (χ2n) is 7.83. The van der Waals surface area contributed by atoms with E-state index < -0.39 is 0 Å². The Balaban J connectivity index is 1.44. The van der Waals surface area contributed by atoms with Crippen molar-refractivity contribution in [2.45, 2.75) is 12.8 Å². The number of imidazole rings is 1. The van der Waals surface area contributed by atoms with E-state index in [2.05, 4.69) is 80.2 Å². The molecule has 1 aliphatic rings. The Kier molecular flexibility index (Phi) is 4.82. The molecule has 148 valence electrons. The fraction of sp³-hybridized carbons (Fsp3) is 0.292. The lowest BCUT2D eigenvalue weighted by molar-refractivity contribution is 0.0699. The molecular formula is C24H26N4O. The molecule has 4 heterocycles. The van der Waals surface area contributed by atoms with Gasteiger partial charge in [-0.2, -0.15) is 0 Å². The van der Waals surface area contributed by atoms with Crippen LogP contribution in [0.3, 0.4) is 0 Å². The summed E-state index contributed by atoms with van der Waals surface area (Å²) in [5.74, 6) is 1.75. The molecule has 0 unspecified atom stereocenters. The minimum absolute atomic E-state index is 0.663. The molecule has 3 aromatic heterocycles. The normalized spacial score (nSPS) is 15.1. The molecule has 0 aliphatic carbocycles. The predicted molar refractivity (Wildman–Crippen MR) is 117 cm³/mol. The molecule has 0 saturated carbocycles. The molecule has 1 aromatic carbocycles. The first-order valence-corrected chi connectivity index (χ1v) is 10.3. The van der Waals surface area contributed by atoms with E-state index in [1.165, 1.54) is 11.1 Å². The molecule has 4 aromatic rings. The zero-order chi connectivity index (χ0) is 19.6. The highest BCUT2D eigenvalue weighted by molar-refractivity contribution is 5.71. The number of pyridine rings is 1. The van der Waals surface area contributed by atoms with Gasteiger partial charge < -0.3 is 14.6 Å². The number of fused-ring (bicyclic) bond motifs is 1. The largest absolute Gasteiger partial charge is 0.381 e. The van der Waals surface area contributed by atoms with Crippen molar-refractivity contribution in [2.24, 2.45) is 13.0 Å². The van der Waals surface area contributed by atoms with Gasteiger partial charge in [-0.05, 0) is 48.1 Å². The smallest absolute Gasteiger partial charge is 0.138 e. The molecule has 1 aliphatic heterocycles. The summed E-state index contributed by atoms with van der Waals surface area (Å²) in [7, 11) is 2.05. The van der Waals surface area contributed by atoms with Gasteiger partial charge in [-0.3, -0.25) is 4.40 Å². The fourth-order valence-electron chi connectivity index (χ4n) is 4.09. The molecule has 0 amide bonds. The maximum Gasteiger partial charge on any atom is 0.138 e. The third kappa shape index (κ3) is 3.66. The number of aromatic nitrogens is 3. The molecule has 0 atom stereocenters. The molecule has 1 fully saturated rings. The number of rotatable bonds is 5. The second-order valence-corrected chi connectivity index (χ2v) is 7.83. The number of benzene rings is 1. The van der Waals surface area contributed by atoms with Gasteiger partial charge in [0.1, 0.15) is 11.5 Å². The van der Waals surface area contributed by atoms with Crippen molar-refractivity contribution in [3.63, 3.8) is 0 Å². The summed E-state index contributed by atoms with van der Waals surface area (Å²) in [4.78, 5) is 4.63. The number of anilines is 1. The summed E-state index contributed by atoms with van der Waals surface area (Å²) < 4.78 is 9.78. The Hall–Kier alpha value is -3.05. The summed E-state index contributed by atoms with van der Waals surface area (Å²) in [5.41, 5.74) is 5.69. The number of nitrogens with one attached hydrogen (secondary N) is 1. The predicted octanol–water partition coefficient (Wildman–Crippen LogP) is 4.85. The van der Waals surface area contributed by atoms with E-state index in [-0.39, 0.29) is 0 Å². The number of hydrogen-bond donors (Lipinski definition) is 1. The first kappa shape index (κ1) is 18.0. The van der Waals surface area contributed by atoms with Crippen LogP contribution in [0.5, 0.6) is 0 Å². The average Bonchev–Trinajstić information content (AvgIpc) is 3.40. The lowest BCUT2D eigenvalue weighted by atomic mass is 10.0. The standard InChI is InChI=1S/C24H26N4O/c1-27-12-9-21(17-27)19-5-7-20(8-6-19)22-16-26-24-4-2-3-23(28(22)24)25-15-18-10-13-29-14-11-18/h2-9,12,16-18,25H,10-11,13-15H2,1H3. The van der Waals surface area contributed by atoms with Gasteiger partial charge in [0.25, 0.3) is 0 Å². The van der Waals surface area contributed by atoms with Gasteiger partial charge in [-0.15, -0.1) is 0 Å². The van der Waals surface area contributed by atoms with Crippen molar-refractivity contribution < 1.29 is 4.74 Å². The van der Waals surface area contributed by atoms with Gasteiger partial charge in [0, 0.05) is 44.8 Å². The fourth-order valence-corrected chi connectivity index (χ4v) is 4.09. The lowest BCUT2D eigenvalue weighted by Crippen LogP contribution is -2.23. The van der Waals surface area contributed by atoms with Gasteiger partial charge in [0.05, 0.1) is 11.9 Å². The number of aryl methyl sites for hydroxylation is 1. The summed E-state index contributed by atoms with van der Waals surface area (Å²) >= 11 is 0. The Bertz CT molecular complexity index is 1100. The van der Waals surface area contributed by atoms with Crippen molar-refractivity contribution in [1.82, 2.24) is 14.0 Å².